The lowest BCUT2D eigenvalue weighted by molar-refractivity contribution is 0.0547. The Morgan fingerprint density at radius 2 is 2.15 bits per heavy atom. The van der Waals surface area contributed by atoms with Crippen molar-refractivity contribution in [2.24, 2.45) is 5.41 Å². The van der Waals surface area contributed by atoms with E-state index < -0.39 is 0 Å². The Labute approximate surface area is 78.0 Å². The summed E-state index contributed by atoms with van der Waals surface area (Å²) in [7, 11) is 1.65. The van der Waals surface area contributed by atoms with Crippen LogP contribution in [0.1, 0.15) is 19.3 Å². The van der Waals surface area contributed by atoms with E-state index in [1.807, 2.05) is 0 Å². The lowest BCUT2D eigenvalue weighted by Crippen LogP contribution is -2.37. The Bertz CT molecular complexity index is 212. The van der Waals surface area contributed by atoms with Gasteiger partial charge in [-0.15, -0.1) is 0 Å². The van der Waals surface area contributed by atoms with Crippen LogP contribution in [0.25, 0.3) is 0 Å². The molecule has 2 fully saturated rings. The van der Waals surface area contributed by atoms with Crippen molar-refractivity contribution in [2.75, 3.05) is 20.3 Å². The SMILES string of the molecule is CNC(=O)NC1CC12CCOCC2. The van der Waals surface area contributed by atoms with Gasteiger partial charge in [-0.1, -0.05) is 0 Å². The number of ether oxygens (including phenoxy) is 1. The molecular weight excluding hydrogens is 168 g/mol. The van der Waals surface area contributed by atoms with Crippen molar-refractivity contribution >= 4 is 6.03 Å². The molecule has 2 amide bonds. The van der Waals surface area contributed by atoms with E-state index in [-0.39, 0.29) is 6.03 Å². The first-order chi connectivity index (χ1) is 6.27. The Kier molecular flexibility index (Phi) is 2.15. The van der Waals surface area contributed by atoms with E-state index in [4.69, 9.17) is 4.74 Å². The predicted molar refractivity (Wildman–Crippen MR) is 48.5 cm³/mol. The van der Waals surface area contributed by atoms with Gasteiger partial charge in [-0.2, -0.15) is 0 Å². The van der Waals surface area contributed by atoms with E-state index in [9.17, 15) is 4.79 Å². The highest BCUT2D eigenvalue weighted by atomic mass is 16.5. The Morgan fingerprint density at radius 3 is 2.77 bits per heavy atom. The van der Waals surface area contributed by atoms with Crippen molar-refractivity contribution in [3.05, 3.63) is 0 Å². The largest absolute Gasteiger partial charge is 0.381 e. The van der Waals surface area contributed by atoms with Crippen LogP contribution >= 0.6 is 0 Å². The van der Waals surface area contributed by atoms with Crippen LogP contribution in [0.2, 0.25) is 0 Å². The molecule has 1 saturated heterocycles. The molecule has 0 radical (unpaired) electrons. The summed E-state index contributed by atoms with van der Waals surface area (Å²) in [6, 6.07) is 0.324. The quantitative estimate of drug-likeness (QED) is 0.623. The van der Waals surface area contributed by atoms with Gasteiger partial charge >= 0.3 is 6.03 Å². The Balaban J connectivity index is 1.82. The third-order valence-electron chi connectivity index (χ3n) is 3.21. The molecule has 1 heterocycles. The molecule has 1 aliphatic carbocycles. The molecular formula is C9H16N2O2. The fourth-order valence-electron chi connectivity index (χ4n) is 2.11. The number of urea groups is 1. The van der Waals surface area contributed by atoms with Gasteiger partial charge < -0.3 is 15.4 Å². The first-order valence-electron chi connectivity index (χ1n) is 4.83. The molecule has 0 aromatic carbocycles. The second kappa shape index (κ2) is 3.18. The van der Waals surface area contributed by atoms with E-state index >= 15 is 0 Å². The highest BCUT2D eigenvalue weighted by Gasteiger charge is 2.54. The van der Waals surface area contributed by atoms with E-state index in [0.717, 1.165) is 32.5 Å². The normalized spacial score (nSPS) is 29.8. The van der Waals surface area contributed by atoms with Crippen LogP contribution in [0, 0.1) is 5.41 Å². The number of hydrogen-bond donors (Lipinski definition) is 2. The fourth-order valence-corrected chi connectivity index (χ4v) is 2.11. The number of carbonyl (C=O) groups excluding carboxylic acids is 1. The summed E-state index contributed by atoms with van der Waals surface area (Å²) in [6.45, 7) is 1.71. The van der Waals surface area contributed by atoms with Crippen molar-refractivity contribution in [3.63, 3.8) is 0 Å². The third-order valence-corrected chi connectivity index (χ3v) is 3.21. The minimum atomic E-state index is -0.0617. The van der Waals surface area contributed by atoms with Crippen LogP contribution in [0.5, 0.6) is 0 Å². The molecule has 1 aliphatic heterocycles. The van der Waals surface area contributed by atoms with Gasteiger partial charge in [0.25, 0.3) is 0 Å². The van der Waals surface area contributed by atoms with Crippen molar-refractivity contribution in [3.8, 4) is 0 Å². The lowest BCUT2D eigenvalue weighted by atomic mass is 9.96. The first kappa shape index (κ1) is 8.81. The minimum Gasteiger partial charge on any atom is -0.381 e. The van der Waals surface area contributed by atoms with Crippen LogP contribution in [-0.2, 0) is 4.74 Å². The molecule has 1 spiro atoms. The van der Waals surface area contributed by atoms with Gasteiger partial charge in [0.15, 0.2) is 0 Å². The average Bonchev–Trinajstić information content (AvgIpc) is 2.79. The number of amides is 2. The molecule has 1 saturated carbocycles. The first-order valence-corrected chi connectivity index (χ1v) is 4.83. The van der Waals surface area contributed by atoms with Crippen molar-refractivity contribution in [2.45, 2.75) is 25.3 Å². The van der Waals surface area contributed by atoms with Crippen LogP contribution in [-0.4, -0.2) is 32.3 Å². The number of rotatable bonds is 1. The molecule has 13 heavy (non-hydrogen) atoms. The van der Waals surface area contributed by atoms with Gasteiger partial charge in [-0.3, -0.25) is 0 Å². The van der Waals surface area contributed by atoms with E-state index in [0.29, 0.717) is 11.5 Å². The molecule has 0 aromatic rings. The summed E-state index contributed by atoms with van der Waals surface area (Å²) < 4.78 is 5.30. The molecule has 1 atom stereocenters. The number of hydrogen-bond acceptors (Lipinski definition) is 2. The standard InChI is InChI=1S/C9H16N2O2/c1-10-8(12)11-7-6-9(7)2-4-13-5-3-9/h7H,2-6H2,1H3,(H2,10,11,12). The molecule has 2 N–H and O–H groups in total. The molecule has 74 valence electrons. The Hall–Kier alpha value is -0.770. The average molecular weight is 184 g/mol. The van der Waals surface area contributed by atoms with Crippen LogP contribution in [0.4, 0.5) is 4.79 Å². The molecule has 1 unspecified atom stereocenters. The summed E-state index contributed by atoms with van der Waals surface area (Å²) in [6.07, 6.45) is 3.33. The van der Waals surface area contributed by atoms with Gasteiger partial charge in [-0.25, -0.2) is 4.79 Å². The van der Waals surface area contributed by atoms with Gasteiger partial charge in [-0.05, 0) is 24.7 Å². The van der Waals surface area contributed by atoms with Gasteiger partial charge in [0.2, 0.25) is 0 Å². The molecule has 2 rings (SSSR count). The minimum absolute atomic E-state index is 0.0617. The zero-order valence-corrected chi connectivity index (χ0v) is 7.93. The van der Waals surface area contributed by atoms with E-state index in [1.54, 1.807) is 7.05 Å². The maximum atomic E-state index is 11.0. The second-order valence-electron chi connectivity index (χ2n) is 3.95. The third kappa shape index (κ3) is 1.63. The van der Waals surface area contributed by atoms with Crippen LogP contribution < -0.4 is 10.6 Å². The predicted octanol–water partition coefficient (Wildman–Crippen LogP) is 0.484. The number of nitrogens with one attached hydrogen (secondary N) is 2. The zero-order chi connectivity index (χ0) is 9.31. The van der Waals surface area contributed by atoms with Crippen molar-refractivity contribution in [1.82, 2.24) is 10.6 Å². The summed E-state index contributed by atoms with van der Waals surface area (Å²) in [5.41, 5.74) is 0.380. The lowest BCUT2D eigenvalue weighted by Gasteiger charge is -2.22. The molecule has 4 heteroatoms. The number of carbonyl (C=O) groups is 1. The molecule has 0 bridgehead atoms. The van der Waals surface area contributed by atoms with E-state index in [1.165, 1.54) is 0 Å². The highest BCUT2D eigenvalue weighted by molar-refractivity contribution is 5.74. The van der Waals surface area contributed by atoms with Crippen molar-refractivity contribution < 1.29 is 9.53 Å². The summed E-state index contributed by atoms with van der Waals surface area (Å²) in [4.78, 5) is 11.0. The monoisotopic (exact) mass is 184 g/mol. The zero-order valence-electron chi connectivity index (χ0n) is 7.93. The highest BCUT2D eigenvalue weighted by Crippen LogP contribution is 2.53. The Morgan fingerprint density at radius 1 is 1.46 bits per heavy atom. The van der Waals surface area contributed by atoms with Gasteiger partial charge in [0.1, 0.15) is 0 Å². The topological polar surface area (TPSA) is 50.4 Å². The smallest absolute Gasteiger partial charge is 0.314 e. The van der Waals surface area contributed by atoms with Crippen molar-refractivity contribution in [1.29, 1.82) is 0 Å². The maximum absolute atomic E-state index is 11.0. The second-order valence-corrected chi connectivity index (χ2v) is 3.95. The fraction of sp³-hybridized carbons (Fsp3) is 0.889. The summed E-state index contributed by atoms with van der Waals surface area (Å²) in [5.74, 6) is 0. The van der Waals surface area contributed by atoms with Crippen LogP contribution in [0.15, 0.2) is 0 Å². The van der Waals surface area contributed by atoms with Gasteiger partial charge in [0.05, 0.1) is 0 Å². The molecule has 2 aliphatic rings. The maximum Gasteiger partial charge on any atom is 0.314 e. The summed E-state index contributed by atoms with van der Waals surface area (Å²) >= 11 is 0. The summed E-state index contributed by atoms with van der Waals surface area (Å²) in [5, 5.41) is 5.54. The molecule has 4 nitrogen and oxygen atoms in total. The van der Waals surface area contributed by atoms with Gasteiger partial charge in [0, 0.05) is 26.3 Å². The van der Waals surface area contributed by atoms with E-state index in [2.05, 4.69) is 10.6 Å². The van der Waals surface area contributed by atoms with Crippen LogP contribution in [0.3, 0.4) is 0 Å². The molecule has 0 aromatic heterocycles.